The summed E-state index contributed by atoms with van der Waals surface area (Å²) in [6.45, 7) is 14.6. The van der Waals surface area contributed by atoms with E-state index in [1.54, 1.807) is 0 Å². The summed E-state index contributed by atoms with van der Waals surface area (Å²) in [6, 6.07) is 15.8. The summed E-state index contributed by atoms with van der Waals surface area (Å²) in [6.07, 6.45) is 0. The van der Waals surface area contributed by atoms with E-state index in [0.29, 0.717) is 39.6 Å². The van der Waals surface area contributed by atoms with Crippen molar-refractivity contribution in [2.45, 2.75) is 38.9 Å². The number of rotatable bonds is 12. The van der Waals surface area contributed by atoms with Gasteiger partial charge in [-0.1, -0.05) is 32.6 Å². The highest BCUT2D eigenvalue weighted by atomic mass is 28.4. The van der Waals surface area contributed by atoms with Crippen LogP contribution in [0.5, 0.6) is 5.75 Å². The van der Waals surface area contributed by atoms with Gasteiger partial charge in [0.15, 0.2) is 8.32 Å². The zero-order valence-electron chi connectivity index (χ0n) is 21.0. The van der Waals surface area contributed by atoms with Gasteiger partial charge in [-0.15, -0.1) is 0 Å². The van der Waals surface area contributed by atoms with Crippen LogP contribution in [0.15, 0.2) is 48.5 Å². The molecule has 0 spiro atoms. The maximum atomic E-state index is 6.08. The van der Waals surface area contributed by atoms with Gasteiger partial charge in [-0.25, -0.2) is 0 Å². The van der Waals surface area contributed by atoms with Crippen LogP contribution in [0.25, 0.3) is 0 Å². The normalized spacial score (nSPS) is 11.6. The largest absolute Gasteiger partial charge is 0.491 e. The molecule has 2 aromatic carbocycles. The Hall–Kier alpha value is -2.30. The van der Waals surface area contributed by atoms with Crippen LogP contribution in [-0.4, -0.2) is 55.0 Å². The molecule has 0 aliphatic carbocycles. The maximum absolute atomic E-state index is 6.08. The summed E-state index contributed by atoms with van der Waals surface area (Å²) < 4.78 is 23.0. The van der Waals surface area contributed by atoms with E-state index in [1.807, 2.05) is 55.6 Å². The van der Waals surface area contributed by atoms with E-state index in [9.17, 15) is 0 Å². The Balaban J connectivity index is 1.55. The molecule has 6 heteroatoms. The minimum atomic E-state index is -1.69. The fraction of sp³-hybridized carbons (Fsp3) is 0.481. The number of ether oxygens (including phenoxy) is 3. The van der Waals surface area contributed by atoms with Crippen LogP contribution >= 0.6 is 0 Å². The summed E-state index contributed by atoms with van der Waals surface area (Å²) in [5, 5.41) is 3.33. The van der Waals surface area contributed by atoms with Crippen molar-refractivity contribution in [1.82, 2.24) is 0 Å². The number of nitrogens with one attached hydrogen (secondary N) is 1. The van der Waals surface area contributed by atoms with Crippen LogP contribution in [0.3, 0.4) is 0 Å². The van der Waals surface area contributed by atoms with Gasteiger partial charge in [-0.2, -0.15) is 0 Å². The van der Waals surface area contributed by atoms with E-state index >= 15 is 0 Å². The van der Waals surface area contributed by atoms with Crippen LogP contribution in [-0.2, 0) is 13.9 Å². The van der Waals surface area contributed by atoms with Gasteiger partial charge in [0.1, 0.15) is 12.4 Å². The molecule has 180 valence electrons. The number of anilines is 1. The molecular weight excluding hydrogens is 430 g/mol. The molecule has 0 bridgehead atoms. The van der Waals surface area contributed by atoms with Crippen LogP contribution in [0, 0.1) is 11.8 Å². The Bertz CT molecular complexity index is 878. The highest BCUT2D eigenvalue weighted by Crippen LogP contribution is 2.36. The third-order valence-corrected chi connectivity index (χ3v) is 10.3. The molecular formula is C27H39NO4Si. The maximum Gasteiger partial charge on any atom is 0.192 e. The summed E-state index contributed by atoms with van der Waals surface area (Å²) in [5.41, 5.74) is 3.01. The monoisotopic (exact) mass is 469 g/mol. The first-order chi connectivity index (χ1) is 15.7. The van der Waals surface area contributed by atoms with Crippen molar-refractivity contribution < 1.29 is 18.6 Å². The quantitative estimate of drug-likeness (QED) is 0.250. The summed E-state index contributed by atoms with van der Waals surface area (Å²) >= 11 is 0. The summed E-state index contributed by atoms with van der Waals surface area (Å²) in [5.74, 6) is 7.16. The Morgan fingerprint density at radius 1 is 0.727 bits per heavy atom. The Kier molecular flexibility index (Phi) is 11.0. The van der Waals surface area contributed by atoms with Crippen molar-refractivity contribution >= 4 is 14.0 Å². The van der Waals surface area contributed by atoms with E-state index in [4.69, 9.17) is 18.6 Å². The first kappa shape index (κ1) is 26.9. The van der Waals surface area contributed by atoms with Crippen LogP contribution in [0.4, 0.5) is 5.69 Å². The predicted octanol–water partition coefficient (Wildman–Crippen LogP) is 5.56. The molecule has 2 aromatic rings. The molecule has 0 amide bonds. The first-order valence-corrected chi connectivity index (χ1v) is 14.4. The van der Waals surface area contributed by atoms with Gasteiger partial charge in [-0.3, -0.25) is 0 Å². The van der Waals surface area contributed by atoms with E-state index < -0.39 is 8.32 Å². The van der Waals surface area contributed by atoms with Crippen molar-refractivity contribution in [2.75, 3.05) is 52.0 Å². The van der Waals surface area contributed by atoms with Crippen LogP contribution in [0.2, 0.25) is 18.1 Å². The third-order valence-electron chi connectivity index (χ3n) is 5.74. The Labute approximate surface area is 200 Å². The molecule has 33 heavy (non-hydrogen) atoms. The van der Waals surface area contributed by atoms with Gasteiger partial charge in [0.2, 0.25) is 0 Å². The van der Waals surface area contributed by atoms with Gasteiger partial charge in [0, 0.05) is 23.9 Å². The minimum absolute atomic E-state index is 0.225. The molecule has 0 aliphatic rings. The van der Waals surface area contributed by atoms with Crippen molar-refractivity contribution in [2.24, 2.45) is 0 Å². The molecule has 5 nitrogen and oxygen atoms in total. The Morgan fingerprint density at radius 2 is 1.21 bits per heavy atom. The van der Waals surface area contributed by atoms with E-state index in [-0.39, 0.29) is 5.04 Å². The zero-order valence-corrected chi connectivity index (χ0v) is 22.0. The lowest BCUT2D eigenvalue weighted by Gasteiger charge is -2.36. The molecule has 0 saturated heterocycles. The van der Waals surface area contributed by atoms with Crippen LogP contribution < -0.4 is 10.1 Å². The Morgan fingerprint density at radius 3 is 1.73 bits per heavy atom. The lowest BCUT2D eigenvalue weighted by molar-refractivity contribution is 0.0260. The fourth-order valence-electron chi connectivity index (χ4n) is 2.61. The fourth-order valence-corrected chi connectivity index (χ4v) is 3.64. The molecule has 2 rings (SSSR count). The lowest BCUT2D eigenvalue weighted by Crippen LogP contribution is -2.41. The highest BCUT2D eigenvalue weighted by Gasteiger charge is 2.36. The van der Waals surface area contributed by atoms with Crippen molar-refractivity contribution in [3.8, 4) is 17.6 Å². The second-order valence-corrected chi connectivity index (χ2v) is 14.1. The van der Waals surface area contributed by atoms with Gasteiger partial charge < -0.3 is 24.0 Å². The molecule has 1 N–H and O–H groups in total. The van der Waals surface area contributed by atoms with Gasteiger partial charge in [0.05, 0.1) is 33.0 Å². The molecule has 0 atom stereocenters. The van der Waals surface area contributed by atoms with Crippen molar-refractivity contribution in [3.05, 3.63) is 59.7 Å². The highest BCUT2D eigenvalue weighted by molar-refractivity contribution is 6.74. The molecule has 0 aliphatic heterocycles. The van der Waals surface area contributed by atoms with Gasteiger partial charge in [-0.05, 0) is 66.7 Å². The van der Waals surface area contributed by atoms with E-state index in [1.165, 1.54) is 0 Å². The lowest BCUT2D eigenvalue weighted by atomic mass is 10.1. The minimum Gasteiger partial charge on any atom is -0.491 e. The predicted molar refractivity (Wildman–Crippen MR) is 139 cm³/mol. The number of hydrogen-bond donors (Lipinski definition) is 1. The van der Waals surface area contributed by atoms with Crippen LogP contribution in [0.1, 0.15) is 31.9 Å². The van der Waals surface area contributed by atoms with Gasteiger partial charge >= 0.3 is 0 Å². The summed E-state index contributed by atoms with van der Waals surface area (Å²) in [4.78, 5) is 0. The van der Waals surface area contributed by atoms with E-state index in [2.05, 4.69) is 51.0 Å². The second kappa shape index (κ2) is 13.4. The molecule has 0 fully saturated rings. The number of hydrogen-bond acceptors (Lipinski definition) is 5. The molecule has 0 unspecified atom stereocenters. The second-order valence-electron chi connectivity index (χ2n) is 9.28. The van der Waals surface area contributed by atoms with Gasteiger partial charge in [0.25, 0.3) is 0 Å². The average Bonchev–Trinajstić information content (AvgIpc) is 2.79. The molecule has 0 saturated carbocycles. The molecule has 0 aromatic heterocycles. The first-order valence-electron chi connectivity index (χ1n) is 11.5. The molecule has 0 radical (unpaired) electrons. The van der Waals surface area contributed by atoms with E-state index in [0.717, 1.165) is 22.6 Å². The third kappa shape index (κ3) is 10.0. The molecule has 0 heterocycles. The standard InChI is InChI=1S/C27H39NO4Si/c1-27(2,3)33(5,6)32-22-20-30-18-17-29-19-21-31-26-15-11-24(12-16-26)8-7-23-9-13-25(28-4)14-10-23/h9-16,28H,17-22H2,1-6H3. The smallest absolute Gasteiger partial charge is 0.192 e. The average molecular weight is 470 g/mol. The zero-order chi connectivity index (χ0) is 24.2. The topological polar surface area (TPSA) is 49.0 Å². The SMILES string of the molecule is CNc1ccc(C#Cc2ccc(OCCOCCOCCO[Si](C)(C)C(C)(C)C)cc2)cc1. The van der Waals surface area contributed by atoms with Crippen molar-refractivity contribution in [3.63, 3.8) is 0 Å². The number of benzene rings is 2. The van der Waals surface area contributed by atoms with Crippen molar-refractivity contribution in [1.29, 1.82) is 0 Å². The summed E-state index contributed by atoms with van der Waals surface area (Å²) in [7, 11) is 0.214.